The first-order chi connectivity index (χ1) is 8.61. The summed E-state index contributed by atoms with van der Waals surface area (Å²) in [4.78, 5) is 15.4. The summed E-state index contributed by atoms with van der Waals surface area (Å²) >= 11 is 0. The van der Waals surface area contributed by atoms with Crippen molar-refractivity contribution >= 4 is 12.0 Å². The number of carbonyl (C=O) groups excluding carboxylic acids is 1. The number of aldehydes is 1. The lowest BCUT2D eigenvalue weighted by Gasteiger charge is -2.41. The Kier molecular flexibility index (Phi) is 3.66. The lowest BCUT2D eigenvalue weighted by atomic mass is 9.72. The zero-order valence-corrected chi connectivity index (χ0v) is 11.3. The van der Waals surface area contributed by atoms with Gasteiger partial charge < -0.3 is 9.88 Å². The van der Waals surface area contributed by atoms with Gasteiger partial charge in [0.2, 0.25) is 0 Å². The summed E-state index contributed by atoms with van der Waals surface area (Å²) in [5, 5.41) is 3.53. The number of rotatable bonds is 4. The summed E-state index contributed by atoms with van der Waals surface area (Å²) in [6.07, 6.45) is 8.27. The van der Waals surface area contributed by atoms with Gasteiger partial charge in [0.05, 0.1) is 6.33 Å². The highest BCUT2D eigenvalue weighted by Crippen LogP contribution is 2.42. The molecule has 4 nitrogen and oxygen atoms in total. The van der Waals surface area contributed by atoms with E-state index in [2.05, 4.69) is 31.1 Å². The fraction of sp³-hybridized carbons (Fsp3) is 0.571. The standard InChI is InChI=1S/C14H21N3O/c1-4-16-12-6-5-11(9-18)13(14(12,2)3)17-8-7-15-10-17/h7-10,12,16H,4-6H2,1-3H3. The zero-order valence-electron chi connectivity index (χ0n) is 11.3. The number of nitrogens with one attached hydrogen (secondary N) is 1. The molecule has 4 heteroatoms. The molecule has 0 amide bonds. The van der Waals surface area contributed by atoms with Crippen LogP contribution in [0.15, 0.2) is 24.3 Å². The molecular weight excluding hydrogens is 226 g/mol. The second-order valence-corrected chi connectivity index (χ2v) is 5.33. The van der Waals surface area contributed by atoms with Crippen molar-refractivity contribution in [3.63, 3.8) is 0 Å². The Hall–Kier alpha value is -1.42. The lowest BCUT2D eigenvalue weighted by Crippen LogP contribution is -2.46. The molecular formula is C14H21N3O. The molecule has 1 aliphatic carbocycles. The van der Waals surface area contributed by atoms with E-state index in [4.69, 9.17) is 0 Å². The van der Waals surface area contributed by atoms with Crippen LogP contribution in [0.3, 0.4) is 0 Å². The lowest BCUT2D eigenvalue weighted by molar-refractivity contribution is -0.105. The van der Waals surface area contributed by atoms with E-state index in [0.717, 1.165) is 36.9 Å². The topological polar surface area (TPSA) is 46.9 Å². The first-order valence-corrected chi connectivity index (χ1v) is 6.51. The Labute approximate surface area is 108 Å². The minimum absolute atomic E-state index is 0.0782. The molecule has 98 valence electrons. The number of hydrogen-bond donors (Lipinski definition) is 1. The SMILES string of the molecule is CCNC1CCC(C=O)=C(n2ccnc2)C1(C)C. The number of aromatic nitrogens is 2. The first-order valence-electron chi connectivity index (χ1n) is 6.51. The van der Waals surface area contributed by atoms with Gasteiger partial charge in [-0.05, 0) is 19.4 Å². The molecule has 18 heavy (non-hydrogen) atoms. The largest absolute Gasteiger partial charge is 0.313 e. The van der Waals surface area contributed by atoms with E-state index >= 15 is 0 Å². The molecule has 1 atom stereocenters. The molecule has 0 radical (unpaired) electrons. The Balaban J connectivity index is 2.47. The minimum atomic E-state index is -0.0782. The van der Waals surface area contributed by atoms with Gasteiger partial charge in [0.25, 0.3) is 0 Å². The van der Waals surface area contributed by atoms with Gasteiger partial charge in [-0.2, -0.15) is 0 Å². The van der Waals surface area contributed by atoms with E-state index in [1.165, 1.54) is 0 Å². The number of nitrogens with zero attached hydrogens (tertiary/aromatic N) is 2. The van der Waals surface area contributed by atoms with Gasteiger partial charge in [0, 0.05) is 35.1 Å². The summed E-state index contributed by atoms with van der Waals surface area (Å²) in [5.74, 6) is 0. The molecule has 2 rings (SSSR count). The van der Waals surface area contributed by atoms with Crippen LogP contribution in [0, 0.1) is 5.41 Å². The highest BCUT2D eigenvalue weighted by molar-refractivity contribution is 5.85. The van der Waals surface area contributed by atoms with Gasteiger partial charge in [-0.1, -0.05) is 20.8 Å². The van der Waals surface area contributed by atoms with Gasteiger partial charge >= 0.3 is 0 Å². The van der Waals surface area contributed by atoms with E-state index in [1.807, 2.05) is 10.8 Å². The third-order valence-electron chi connectivity index (χ3n) is 3.84. The second-order valence-electron chi connectivity index (χ2n) is 5.33. The minimum Gasteiger partial charge on any atom is -0.313 e. The zero-order chi connectivity index (χ0) is 13.2. The third-order valence-corrected chi connectivity index (χ3v) is 3.84. The summed E-state index contributed by atoms with van der Waals surface area (Å²) in [7, 11) is 0. The van der Waals surface area contributed by atoms with Gasteiger partial charge in [-0.3, -0.25) is 4.79 Å². The molecule has 0 bridgehead atoms. The molecule has 1 unspecified atom stereocenters. The maximum Gasteiger partial charge on any atom is 0.147 e. The molecule has 0 fully saturated rings. The van der Waals surface area contributed by atoms with Crippen molar-refractivity contribution in [3.8, 4) is 0 Å². The van der Waals surface area contributed by atoms with Crippen LogP contribution in [0.5, 0.6) is 0 Å². The van der Waals surface area contributed by atoms with Crippen molar-refractivity contribution in [1.82, 2.24) is 14.9 Å². The summed E-state index contributed by atoms with van der Waals surface area (Å²) in [6.45, 7) is 7.45. The second kappa shape index (κ2) is 5.06. The van der Waals surface area contributed by atoms with Gasteiger partial charge in [-0.15, -0.1) is 0 Å². The van der Waals surface area contributed by atoms with Gasteiger partial charge in [0.15, 0.2) is 0 Å². The fourth-order valence-corrected chi connectivity index (χ4v) is 2.97. The Morgan fingerprint density at radius 2 is 2.39 bits per heavy atom. The van der Waals surface area contributed by atoms with Crippen LogP contribution in [-0.4, -0.2) is 28.4 Å². The van der Waals surface area contributed by atoms with Crippen molar-refractivity contribution in [2.75, 3.05) is 6.54 Å². The molecule has 1 N–H and O–H groups in total. The van der Waals surface area contributed by atoms with Crippen molar-refractivity contribution in [2.45, 2.75) is 39.7 Å². The number of hydrogen-bond acceptors (Lipinski definition) is 3. The average Bonchev–Trinajstić information content (AvgIpc) is 2.84. The molecule has 0 saturated carbocycles. The number of carbonyl (C=O) groups is 1. The number of imidazole rings is 1. The monoisotopic (exact) mass is 247 g/mol. The third kappa shape index (κ3) is 2.12. The average molecular weight is 247 g/mol. The summed E-state index contributed by atoms with van der Waals surface area (Å²) in [6, 6.07) is 0.392. The fourth-order valence-electron chi connectivity index (χ4n) is 2.97. The van der Waals surface area contributed by atoms with Crippen molar-refractivity contribution in [3.05, 3.63) is 24.3 Å². The van der Waals surface area contributed by atoms with Crippen LogP contribution in [0.2, 0.25) is 0 Å². The molecule has 1 aromatic heterocycles. The Bertz CT molecular complexity index is 446. The van der Waals surface area contributed by atoms with Crippen LogP contribution >= 0.6 is 0 Å². The van der Waals surface area contributed by atoms with E-state index in [1.54, 1.807) is 12.5 Å². The van der Waals surface area contributed by atoms with Gasteiger partial charge in [-0.25, -0.2) is 4.98 Å². The molecule has 1 aromatic rings. The first kappa shape index (κ1) is 13.0. The van der Waals surface area contributed by atoms with Gasteiger partial charge in [0.1, 0.15) is 6.29 Å². The van der Waals surface area contributed by atoms with E-state index in [-0.39, 0.29) is 5.41 Å². The molecule has 0 spiro atoms. The normalized spacial score (nSPS) is 23.2. The Morgan fingerprint density at radius 1 is 1.61 bits per heavy atom. The van der Waals surface area contributed by atoms with Crippen LogP contribution in [0.1, 0.15) is 33.6 Å². The van der Waals surface area contributed by atoms with Crippen LogP contribution in [0.4, 0.5) is 0 Å². The van der Waals surface area contributed by atoms with E-state index < -0.39 is 0 Å². The van der Waals surface area contributed by atoms with Crippen molar-refractivity contribution < 1.29 is 4.79 Å². The summed E-state index contributed by atoms with van der Waals surface area (Å²) in [5.41, 5.74) is 1.89. The number of allylic oxidation sites excluding steroid dienone is 1. The Morgan fingerprint density at radius 3 is 2.94 bits per heavy atom. The predicted octanol–water partition coefficient (Wildman–Crippen LogP) is 2.09. The van der Waals surface area contributed by atoms with Crippen molar-refractivity contribution in [1.29, 1.82) is 0 Å². The quantitative estimate of drug-likeness (QED) is 0.829. The molecule has 0 saturated heterocycles. The van der Waals surface area contributed by atoms with Crippen LogP contribution in [0.25, 0.3) is 5.70 Å². The molecule has 1 heterocycles. The molecule has 0 aromatic carbocycles. The maximum absolute atomic E-state index is 11.3. The van der Waals surface area contributed by atoms with Crippen LogP contribution < -0.4 is 5.32 Å². The molecule has 1 aliphatic rings. The maximum atomic E-state index is 11.3. The molecule has 0 aliphatic heterocycles. The summed E-state index contributed by atoms with van der Waals surface area (Å²) < 4.78 is 1.98. The van der Waals surface area contributed by atoms with E-state index in [9.17, 15) is 4.79 Å². The highest BCUT2D eigenvalue weighted by Gasteiger charge is 2.38. The van der Waals surface area contributed by atoms with Crippen LogP contribution in [-0.2, 0) is 4.79 Å². The predicted molar refractivity (Wildman–Crippen MR) is 72.0 cm³/mol. The smallest absolute Gasteiger partial charge is 0.147 e. The van der Waals surface area contributed by atoms with Crippen molar-refractivity contribution in [2.24, 2.45) is 5.41 Å². The van der Waals surface area contributed by atoms with E-state index in [0.29, 0.717) is 6.04 Å². The highest BCUT2D eigenvalue weighted by atomic mass is 16.1.